The van der Waals surface area contributed by atoms with E-state index in [1.165, 1.54) is 0 Å². The standard InChI is InChI=1S/C49H80O14/c1-2-3-16-25-36(37-26-17-8-4-12-21-30-43(54)60-37)47(34-41(50)51,38-27-18-9-5-13-22-31-44(55)61-38)49(48(58,59)35-42(52)53,39-28-19-10-6-14-23-32-45(56)62-39)40-29-20-11-7-15-24-33-46(57)63-40/h36-40,58-59H,2-35H2,1H3,(H,50,51)(H,52,53). The van der Waals surface area contributed by atoms with Gasteiger partial charge in [0.25, 0.3) is 0 Å². The van der Waals surface area contributed by atoms with Gasteiger partial charge < -0.3 is 39.4 Å². The smallest absolute Gasteiger partial charge is 0.308 e. The maximum Gasteiger partial charge on any atom is 0.308 e. The first-order valence-corrected chi connectivity index (χ1v) is 24.9. The SMILES string of the molecule is CCCCCC(C1CCCCCCCC(=O)O1)C(CC(=O)O)(C1CCCCCCCC(=O)O1)C(C1CCCCCCCC(=O)O1)(C1CCCCCCCC(=O)O1)C(O)(O)CC(=O)O. The molecule has 14 heteroatoms. The van der Waals surface area contributed by atoms with Gasteiger partial charge in [0.05, 0.1) is 12.8 Å². The number of carbonyl (C=O) groups excluding carboxylic acids is 4. The van der Waals surface area contributed by atoms with Crippen molar-refractivity contribution in [3.05, 3.63) is 0 Å². The Morgan fingerprint density at radius 3 is 1.30 bits per heavy atom. The molecule has 6 atom stereocenters. The van der Waals surface area contributed by atoms with Crippen molar-refractivity contribution in [3.63, 3.8) is 0 Å². The van der Waals surface area contributed by atoms with Crippen LogP contribution >= 0.6 is 0 Å². The highest BCUT2D eigenvalue weighted by atomic mass is 16.6. The molecule has 4 aliphatic rings. The minimum absolute atomic E-state index is 0.000908. The molecule has 0 aromatic heterocycles. The van der Waals surface area contributed by atoms with E-state index >= 15 is 0 Å². The van der Waals surface area contributed by atoms with Gasteiger partial charge in [0, 0.05) is 37.0 Å². The number of unbranched alkanes of at least 4 members (excludes halogenated alkanes) is 2. The van der Waals surface area contributed by atoms with Gasteiger partial charge in [-0.3, -0.25) is 28.8 Å². The Morgan fingerprint density at radius 2 is 0.873 bits per heavy atom. The first-order valence-electron chi connectivity index (χ1n) is 24.9. The lowest BCUT2D eigenvalue weighted by molar-refractivity contribution is -0.367. The number of hydrogen-bond acceptors (Lipinski definition) is 12. The van der Waals surface area contributed by atoms with Gasteiger partial charge in [0.15, 0.2) is 5.79 Å². The van der Waals surface area contributed by atoms with Crippen molar-refractivity contribution in [2.45, 2.75) is 255 Å². The minimum Gasteiger partial charge on any atom is -0.481 e. The first kappa shape index (κ1) is 52.4. The summed E-state index contributed by atoms with van der Waals surface area (Å²) in [6.45, 7) is 2.01. The van der Waals surface area contributed by atoms with E-state index in [1.54, 1.807) is 0 Å². The molecule has 0 radical (unpaired) electrons. The second-order valence-corrected chi connectivity index (χ2v) is 19.2. The molecule has 0 aromatic carbocycles. The lowest BCUT2D eigenvalue weighted by atomic mass is 9.43. The lowest BCUT2D eigenvalue weighted by Crippen LogP contribution is -2.76. The van der Waals surface area contributed by atoms with E-state index in [1.807, 2.05) is 6.92 Å². The Morgan fingerprint density at radius 1 is 0.508 bits per heavy atom. The van der Waals surface area contributed by atoms with Crippen LogP contribution in [0.3, 0.4) is 0 Å². The lowest BCUT2D eigenvalue weighted by Gasteiger charge is -2.65. The normalized spacial score (nSPS) is 27.6. The van der Waals surface area contributed by atoms with Crippen LogP contribution in [0, 0.1) is 16.7 Å². The molecule has 360 valence electrons. The van der Waals surface area contributed by atoms with Crippen LogP contribution in [0.2, 0.25) is 0 Å². The van der Waals surface area contributed by atoms with Gasteiger partial charge in [0.1, 0.15) is 29.8 Å². The maximum atomic E-state index is 14.3. The molecule has 0 aliphatic carbocycles. The summed E-state index contributed by atoms with van der Waals surface area (Å²) in [6.07, 6.45) is 6.92. The van der Waals surface area contributed by atoms with Gasteiger partial charge in [-0.05, 0) is 83.5 Å². The number of aliphatic carboxylic acids is 2. The number of cyclic esters (lactones) is 4. The van der Waals surface area contributed by atoms with E-state index in [0.29, 0.717) is 83.5 Å². The average Bonchev–Trinajstić information content (AvgIpc) is 3.22. The molecule has 0 saturated carbocycles. The summed E-state index contributed by atoms with van der Waals surface area (Å²) in [5.41, 5.74) is -4.95. The monoisotopic (exact) mass is 893 g/mol. The Hall–Kier alpha value is -3.26. The quantitative estimate of drug-likeness (QED) is 0.0521. The number of carboxylic acid groups (broad SMARTS) is 2. The predicted molar refractivity (Wildman–Crippen MR) is 233 cm³/mol. The van der Waals surface area contributed by atoms with Crippen LogP contribution in [-0.2, 0) is 47.7 Å². The Balaban J connectivity index is 2.32. The van der Waals surface area contributed by atoms with Crippen molar-refractivity contribution >= 4 is 35.8 Å². The molecule has 14 nitrogen and oxygen atoms in total. The zero-order chi connectivity index (χ0) is 45.7. The first-order chi connectivity index (χ1) is 30.3. The van der Waals surface area contributed by atoms with Gasteiger partial charge in [-0.25, -0.2) is 0 Å². The molecule has 0 spiro atoms. The molecule has 0 amide bonds. The van der Waals surface area contributed by atoms with Crippen LogP contribution in [0.25, 0.3) is 0 Å². The van der Waals surface area contributed by atoms with E-state index in [2.05, 4.69) is 0 Å². The molecule has 0 aromatic rings. The summed E-state index contributed by atoms with van der Waals surface area (Å²) in [4.78, 5) is 84.2. The Kier molecular flexibility index (Phi) is 22.1. The predicted octanol–water partition coefficient (Wildman–Crippen LogP) is 9.41. The van der Waals surface area contributed by atoms with E-state index < -0.39 is 95.6 Å². The van der Waals surface area contributed by atoms with E-state index in [9.17, 15) is 49.2 Å². The number of esters is 4. The second kappa shape index (κ2) is 26.6. The molecule has 4 aliphatic heterocycles. The van der Waals surface area contributed by atoms with Crippen molar-refractivity contribution < 1.29 is 68.1 Å². The number of rotatable bonds is 15. The highest BCUT2D eigenvalue weighted by Gasteiger charge is 2.77. The summed E-state index contributed by atoms with van der Waals surface area (Å²) in [7, 11) is 0. The van der Waals surface area contributed by atoms with Crippen LogP contribution in [-0.4, -0.2) is 86.4 Å². The molecule has 0 bridgehead atoms. The fourth-order valence-electron chi connectivity index (χ4n) is 11.8. The average molecular weight is 893 g/mol. The van der Waals surface area contributed by atoms with E-state index in [0.717, 1.165) is 64.2 Å². The molecule has 4 N–H and O–H groups in total. The largest absolute Gasteiger partial charge is 0.481 e. The van der Waals surface area contributed by atoms with Gasteiger partial charge >= 0.3 is 35.8 Å². The molecule has 4 saturated heterocycles. The second-order valence-electron chi connectivity index (χ2n) is 19.2. The van der Waals surface area contributed by atoms with Crippen molar-refractivity contribution in [2.75, 3.05) is 0 Å². The van der Waals surface area contributed by atoms with Gasteiger partial charge in [-0.1, -0.05) is 103 Å². The summed E-state index contributed by atoms with van der Waals surface area (Å²) < 4.78 is 26.3. The van der Waals surface area contributed by atoms with Gasteiger partial charge in [0.2, 0.25) is 0 Å². The fraction of sp³-hybridized carbons (Fsp3) is 0.878. The summed E-state index contributed by atoms with van der Waals surface area (Å²) in [6, 6.07) is 0. The highest BCUT2D eigenvalue weighted by molar-refractivity contribution is 5.73. The number of carbonyl (C=O) groups is 6. The van der Waals surface area contributed by atoms with Gasteiger partial charge in [-0.2, -0.15) is 0 Å². The van der Waals surface area contributed by atoms with Crippen LogP contribution in [0.5, 0.6) is 0 Å². The van der Waals surface area contributed by atoms with E-state index in [4.69, 9.17) is 18.9 Å². The molecule has 4 rings (SSSR count). The summed E-state index contributed by atoms with van der Waals surface area (Å²) >= 11 is 0. The van der Waals surface area contributed by atoms with Crippen molar-refractivity contribution in [3.8, 4) is 0 Å². The van der Waals surface area contributed by atoms with Crippen LogP contribution in [0.15, 0.2) is 0 Å². The zero-order valence-electron chi connectivity index (χ0n) is 38.3. The van der Waals surface area contributed by atoms with Crippen LogP contribution < -0.4 is 0 Å². The molecular formula is C49H80O14. The highest BCUT2D eigenvalue weighted by Crippen LogP contribution is 2.66. The Labute approximate surface area is 375 Å². The topological polar surface area (TPSA) is 220 Å². The van der Waals surface area contributed by atoms with Crippen molar-refractivity contribution in [1.82, 2.24) is 0 Å². The zero-order valence-corrected chi connectivity index (χ0v) is 38.3. The summed E-state index contributed by atoms with van der Waals surface area (Å²) in [5, 5.41) is 49.2. The minimum atomic E-state index is -3.47. The molecule has 4 heterocycles. The number of aliphatic hydroxyl groups is 2. The third-order valence-electron chi connectivity index (χ3n) is 14.6. The number of carboxylic acids is 2. The molecular weight excluding hydrogens is 813 g/mol. The fourth-order valence-corrected chi connectivity index (χ4v) is 11.8. The molecule has 4 fully saturated rings. The summed E-state index contributed by atoms with van der Waals surface area (Å²) in [5.74, 6) is -10.2. The van der Waals surface area contributed by atoms with Crippen molar-refractivity contribution in [2.24, 2.45) is 16.7 Å². The third-order valence-corrected chi connectivity index (χ3v) is 14.6. The van der Waals surface area contributed by atoms with Crippen LogP contribution in [0.1, 0.15) is 225 Å². The molecule has 6 unspecified atom stereocenters. The van der Waals surface area contributed by atoms with Gasteiger partial charge in [-0.15, -0.1) is 0 Å². The maximum absolute atomic E-state index is 14.3. The number of ether oxygens (including phenoxy) is 4. The van der Waals surface area contributed by atoms with Crippen LogP contribution in [0.4, 0.5) is 0 Å². The Bertz CT molecular complexity index is 1420. The van der Waals surface area contributed by atoms with E-state index in [-0.39, 0.29) is 57.8 Å². The third kappa shape index (κ3) is 14.6. The van der Waals surface area contributed by atoms with Crippen molar-refractivity contribution in [1.29, 1.82) is 0 Å². The molecule has 63 heavy (non-hydrogen) atoms. The number of hydrogen-bond donors (Lipinski definition) is 4.